The van der Waals surface area contributed by atoms with Crippen LogP contribution in [0, 0.1) is 0 Å². The summed E-state index contributed by atoms with van der Waals surface area (Å²) in [6.45, 7) is 4.90. The predicted octanol–water partition coefficient (Wildman–Crippen LogP) is 2.77. The van der Waals surface area contributed by atoms with Crippen LogP contribution in [0.3, 0.4) is 0 Å². The number of aliphatic hydroxyl groups is 1. The molecule has 1 aliphatic rings. The highest BCUT2D eigenvalue weighted by Crippen LogP contribution is 2.31. The summed E-state index contributed by atoms with van der Waals surface area (Å²) in [6.07, 6.45) is 2.98. The second-order valence-electron chi connectivity index (χ2n) is 7.71. The maximum atomic E-state index is 12.9. The van der Waals surface area contributed by atoms with E-state index in [1.54, 1.807) is 13.1 Å². The Bertz CT molecular complexity index is 1010. The van der Waals surface area contributed by atoms with Crippen molar-refractivity contribution in [2.24, 2.45) is 0 Å². The van der Waals surface area contributed by atoms with Gasteiger partial charge in [0.2, 0.25) is 11.8 Å². The summed E-state index contributed by atoms with van der Waals surface area (Å²) in [5, 5.41) is 19.5. The van der Waals surface area contributed by atoms with Crippen LogP contribution in [0.15, 0.2) is 42.6 Å². The molecule has 4 rings (SSSR count). The number of nitrogens with one attached hydrogen (secondary N) is 1. The Hall–Kier alpha value is -2.93. The highest BCUT2D eigenvalue weighted by molar-refractivity contribution is 5.85. The van der Waals surface area contributed by atoms with Gasteiger partial charge in [0, 0.05) is 11.9 Å². The SMILES string of the molecule is CCn1ncc2cc3nc(c21)OCCC[C@](C)(O)[C@H](c1ccccc1)NC(=O)C3. The highest BCUT2D eigenvalue weighted by atomic mass is 16.5. The Morgan fingerprint density at radius 3 is 2.90 bits per heavy atom. The average Bonchev–Trinajstić information content (AvgIpc) is 3.12. The zero-order chi connectivity index (χ0) is 20.4. The average molecular weight is 394 g/mol. The third kappa shape index (κ3) is 3.96. The van der Waals surface area contributed by atoms with E-state index in [0.29, 0.717) is 37.6 Å². The van der Waals surface area contributed by atoms with Crippen LogP contribution >= 0.6 is 0 Å². The molecule has 2 N–H and O–H groups in total. The molecule has 0 radical (unpaired) electrons. The van der Waals surface area contributed by atoms with Crippen molar-refractivity contribution < 1.29 is 14.6 Å². The van der Waals surface area contributed by atoms with E-state index in [4.69, 9.17) is 4.74 Å². The molecule has 7 nitrogen and oxygen atoms in total. The lowest BCUT2D eigenvalue weighted by molar-refractivity contribution is -0.123. The smallest absolute Gasteiger partial charge is 0.240 e. The molecule has 3 aromatic rings. The first-order chi connectivity index (χ1) is 14.0. The minimum atomic E-state index is -1.11. The normalized spacial score (nSPS) is 23.0. The molecule has 0 spiro atoms. The van der Waals surface area contributed by atoms with Crippen LogP contribution in [0.1, 0.15) is 44.0 Å². The lowest BCUT2D eigenvalue weighted by Gasteiger charge is -2.34. The number of aromatic nitrogens is 3. The van der Waals surface area contributed by atoms with Crippen molar-refractivity contribution in [3.8, 4) is 5.88 Å². The minimum Gasteiger partial charge on any atom is -0.476 e. The zero-order valence-electron chi connectivity index (χ0n) is 16.8. The Morgan fingerprint density at radius 1 is 1.34 bits per heavy atom. The number of nitrogens with zero attached hydrogens (tertiary/aromatic N) is 3. The largest absolute Gasteiger partial charge is 0.476 e. The number of fused-ring (bicyclic) bond motifs is 4. The van der Waals surface area contributed by atoms with Crippen molar-refractivity contribution in [2.75, 3.05) is 6.61 Å². The van der Waals surface area contributed by atoms with Crippen molar-refractivity contribution in [2.45, 2.75) is 51.3 Å². The Morgan fingerprint density at radius 2 is 2.14 bits per heavy atom. The summed E-state index contributed by atoms with van der Waals surface area (Å²) in [4.78, 5) is 17.4. The van der Waals surface area contributed by atoms with Crippen molar-refractivity contribution in [1.82, 2.24) is 20.1 Å². The summed E-state index contributed by atoms with van der Waals surface area (Å²) in [7, 11) is 0. The number of ether oxygens (including phenoxy) is 1. The molecular weight excluding hydrogens is 368 g/mol. The van der Waals surface area contributed by atoms with Crippen LogP contribution in [-0.4, -0.2) is 38.0 Å². The first-order valence-corrected chi connectivity index (χ1v) is 10.0. The lowest BCUT2D eigenvalue weighted by Crippen LogP contribution is -2.45. The predicted molar refractivity (Wildman–Crippen MR) is 110 cm³/mol. The summed E-state index contributed by atoms with van der Waals surface area (Å²) >= 11 is 0. The second kappa shape index (κ2) is 7.83. The maximum absolute atomic E-state index is 12.9. The molecule has 0 saturated heterocycles. The topological polar surface area (TPSA) is 89.3 Å². The summed E-state index contributed by atoms with van der Waals surface area (Å²) in [5.74, 6) is 0.296. The van der Waals surface area contributed by atoms with Gasteiger partial charge >= 0.3 is 0 Å². The molecule has 2 bridgehead atoms. The van der Waals surface area contributed by atoms with Gasteiger partial charge in [-0.3, -0.25) is 9.48 Å². The Labute approximate surface area is 169 Å². The van der Waals surface area contributed by atoms with E-state index in [1.165, 1.54) is 0 Å². The molecule has 0 aliphatic carbocycles. The van der Waals surface area contributed by atoms with Gasteiger partial charge in [0.25, 0.3) is 0 Å². The quantitative estimate of drug-likeness (QED) is 0.698. The zero-order valence-corrected chi connectivity index (χ0v) is 16.8. The van der Waals surface area contributed by atoms with Gasteiger partial charge in [0.15, 0.2) is 0 Å². The monoisotopic (exact) mass is 394 g/mol. The molecular formula is C22H26N4O3. The molecule has 0 fully saturated rings. The molecule has 29 heavy (non-hydrogen) atoms. The van der Waals surface area contributed by atoms with E-state index in [2.05, 4.69) is 15.4 Å². The van der Waals surface area contributed by atoms with Gasteiger partial charge in [0.05, 0.1) is 36.6 Å². The Balaban J connectivity index is 1.71. The van der Waals surface area contributed by atoms with Gasteiger partial charge < -0.3 is 15.2 Å². The number of rotatable bonds is 2. The van der Waals surface area contributed by atoms with Crippen LogP contribution in [0.5, 0.6) is 5.88 Å². The van der Waals surface area contributed by atoms with Crippen LogP contribution in [0.25, 0.3) is 10.9 Å². The number of pyridine rings is 1. The van der Waals surface area contributed by atoms with E-state index >= 15 is 0 Å². The molecule has 0 saturated carbocycles. The number of amides is 1. The van der Waals surface area contributed by atoms with Gasteiger partial charge in [-0.1, -0.05) is 30.3 Å². The fourth-order valence-corrected chi connectivity index (χ4v) is 3.93. The molecule has 2 atom stereocenters. The highest BCUT2D eigenvalue weighted by Gasteiger charge is 2.34. The van der Waals surface area contributed by atoms with Crippen molar-refractivity contribution in [1.29, 1.82) is 0 Å². The van der Waals surface area contributed by atoms with Crippen LogP contribution in [-0.2, 0) is 17.8 Å². The molecule has 1 amide bonds. The number of hydrogen-bond acceptors (Lipinski definition) is 5. The standard InChI is InChI=1S/C22H26N4O3/c1-3-26-19-16(14-23-26)12-17-13-18(27)25-20(15-8-5-4-6-9-15)22(2,28)10-7-11-29-21(19)24-17/h4-6,8-9,12,14,20,28H,3,7,10-11,13H2,1-2H3,(H,25,27)/t20-,22-/m0/s1. The third-order valence-corrected chi connectivity index (χ3v) is 5.40. The molecule has 7 heteroatoms. The summed E-state index contributed by atoms with van der Waals surface area (Å²) in [5.41, 5.74) is 1.22. The van der Waals surface area contributed by atoms with Crippen molar-refractivity contribution in [3.05, 3.63) is 53.9 Å². The van der Waals surface area contributed by atoms with Crippen molar-refractivity contribution in [3.63, 3.8) is 0 Å². The summed E-state index contributed by atoms with van der Waals surface area (Å²) in [6, 6.07) is 10.9. The second-order valence-corrected chi connectivity index (χ2v) is 7.71. The van der Waals surface area contributed by atoms with Gasteiger partial charge in [-0.25, -0.2) is 4.98 Å². The first kappa shape index (κ1) is 19.4. The van der Waals surface area contributed by atoms with E-state index in [1.807, 2.05) is 48.0 Å². The number of carbonyl (C=O) groups is 1. The molecule has 2 aromatic heterocycles. The lowest BCUT2D eigenvalue weighted by atomic mass is 9.86. The summed E-state index contributed by atoms with van der Waals surface area (Å²) < 4.78 is 7.83. The van der Waals surface area contributed by atoms with Crippen LogP contribution in [0.2, 0.25) is 0 Å². The molecule has 152 valence electrons. The van der Waals surface area contributed by atoms with Crippen LogP contribution < -0.4 is 10.1 Å². The fourth-order valence-electron chi connectivity index (χ4n) is 3.93. The van der Waals surface area contributed by atoms with Gasteiger partial charge in [0.1, 0.15) is 5.52 Å². The fraction of sp³-hybridized carbons (Fsp3) is 0.409. The third-order valence-electron chi connectivity index (χ3n) is 5.40. The van der Waals surface area contributed by atoms with Gasteiger partial charge in [-0.05, 0) is 38.3 Å². The molecule has 1 aromatic carbocycles. The van der Waals surface area contributed by atoms with E-state index < -0.39 is 11.6 Å². The number of carbonyl (C=O) groups excluding carboxylic acids is 1. The van der Waals surface area contributed by atoms with Crippen molar-refractivity contribution >= 4 is 16.8 Å². The van der Waals surface area contributed by atoms with E-state index in [-0.39, 0.29) is 12.3 Å². The van der Waals surface area contributed by atoms with Crippen LogP contribution in [0.4, 0.5) is 0 Å². The first-order valence-electron chi connectivity index (χ1n) is 10.0. The van der Waals surface area contributed by atoms with Gasteiger partial charge in [-0.2, -0.15) is 5.10 Å². The molecule has 3 heterocycles. The maximum Gasteiger partial charge on any atom is 0.240 e. The molecule has 0 unspecified atom stereocenters. The van der Waals surface area contributed by atoms with E-state index in [0.717, 1.165) is 16.5 Å². The van der Waals surface area contributed by atoms with Gasteiger partial charge in [-0.15, -0.1) is 0 Å². The molecule has 1 aliphatic heterocycles. The Kier molecular flexibility index (Phi) is 5.24. The number of hydrogen-bond donors (Lipinski definition) is 2. The number of aryl methyl sites for hydroxylation is 1. The minimum absolute atomic E-state index is 0.100. The number of benzene rings is 1. The van der Waals surface area contributed by atoms with E-state index in [9.17, 15) is 9.90 Å².